The van der Waals surface area contributed by atoms with Gasteiger partial charge in [0.2, 0.25) is 5.13 Å². The smallest absolute Gasteiger partial charge is 0.209 e. The third kappa shape index (κ3) is 3.15. The molecule has 1 aliphatic rings. The molecule has 0 amide bonds. The van der Waals surface area contributed by atoms with Gasteiger partial charge in [0.1, 0.15) is 11.5 Å². The number of hydrogen-bond donors (Lipinski definition) is 0. The fourth-order valence-corrected chi connectivity index (χ4v) is 3.90. The molecular formula is C20H18N2O2S. The molecule has 2 aromatic carbocycles. The molecule has 25 heavy (non-hydrogen) atoms. The van der Waals surface area contributed by atoms with E-state index in [1.807, 2.05) is 36.5 Å². The lowest BCUT2D eigenvalue weighted by Gasteiger charge is -2.15. The van der Waals surface area contributed by atoms with Gasteiger partial charge >= 0.3 is 0 Å². The Balaban J connectivity index is 1.61. The lowest BCUT2D eigenvalue weighted by atomic mass is 9.93. The molecule has 4 nitrogen and oxygen atoms in total. The van der Waals surface area contributed by atoms with Crippen LogP contribution in [0.15, 0.2) is 47.5 Å². The third-order valence-corrected chi connectivity index (χ3v) is 5.34. The lowest BCUT2D eigenvalue weighted by Crippen LogP contribution is -2.02. The SMILES string of the molecule is COc1ccc(/C=N/c2nc3c(s2)CCc2cc(OC)ccc2-3)cc1. The number of thiazole rings is 1. The summed E-state index contributed by atoms with van der Waals surface area (Å²) in [4.78, 5) is 10.6. The van der Waals surface area contributed by atoms with E-state index in [1.165, 1.54) is 16.0 Å². The Labute approximate surface area is 150 Å². The maximum absolute atomic E-state index is 5.33. The zero-order chi connectivity index (χ0) is 17.2. The highest BCUT2D eigenvalue weighted by Gasteiger charge is 2.21. The number of rotatable bonds is 4. The van der Waals surface area contributed by atoms with Crippen molar-refractivity contribution in [1.82, 2.24) is 4.98 Å². The van der Waals surface area contributed by atoms with Crippen molar-refractivity contribution in [3.8, 4) is 22.8 Å². The second-order valence-electron chi connectivity index (χ2n) is 5.82. The van der Waals surface area contributed by atoms with Crippen LogP contribution < -0.4 is 9.47 Å². The highest BCUT2D eigenvalue weighted by molar-refractivity contribution is 7.15. The average molecular weight is 350 g/mol. The van der Waals surface area contributed by atoms with Crippen LogP contribution in [0.1, 0.15) is 16.0 Å². The summed E-state index contributed by atoms with van der Waals surface area (Å²) in [5.74, 6) is 1.74. The van der Waals surface area contributed by atoms with Crippen LogP contribution in [0.3, 0.4) is 0 Å². The van der Waals surface area contributed by atoms with Gasteiger partial charge in [0.25, 0.3) is 0 Å². The van der Waals surface area contributed by atoms with Gasteiger partial charge in [-0.25, -0.2) is 9.98 Å². The minimum atomic E-state index is 0.796. The molecule has 0 saturated carbocycles. The van der Waals surface area contributed by atoms with Gasteiger partial charge in [-0.05, 0) is 66.4 Å². The molecule has 126 valence electrons. The first kappa shape index (κ1) is 15.8. The number of aryl methyl sites for hydroxylation is 2. The summed E-state index contributed by atoms with van der Waals surface area (Å²) in [6.45, 7) is 0. The van der Waals surface area contributed by atoms with Gasteiger partial charge in [-0.3, -0.25) is 0 Å². The number of aliphatic imine (C=N–C) groups is 1. The van der Waals surface area contributed by atoms with Gasteiger partial charge in [0, 0.05) is 16.7 Å². The number of methoxy groups -OCH3 is 2. The van der Waals surface area contributed by atoms with Gasteiger partial charge in [-0.15, -0.1) is 0 Å². The van der Waals surface area contributed by atoms with Crippen LogP contribution in [0.4, 0.5) is 5.13 Å². The van der Waals surface area contributed by atoms with Crippen LogP contribution in [0.25, 0.3) is 11.3 Å². The average Bonchev–Trinajstić information content (AvgIpc) is 3.09. The molecule has 5 heteroatoms. The molecule has 0 N–H and O–H groups in total. The van der Waals surface area contributed by atoms with Crippen molar-refractivity contribution in [3.63, 3.8) is 0 Å². The Morgan fingerprint density at radius 2 is 1.76 bits per heavy atom. The minimum Gasteiger partial charge on any atom is -0.497 e. The molecule has 0 fully saturated rings. The number of ether oxygens (including phenoxy) is 2. The first-order valence-electron chi connectivity index (χ1n) is 8.12. The molecule has 0 bridgehead atoms. The molecule has 3 aromatic rings. The van der Waals surface area contributed by atoms with E-state index in [2.05, 4.69) is 17.1 Å². The summed E-state index contributed by atoms with van der Waals surface area (Å²) in [6, 6.07) is 14.0. The fraction of sp³-hybridized carbons (Fsp3) is 0.200. The number of aromatic nitrogens is 1. The van der Waals surface area contributed by atoms with Crippen LogP contribution in [-0.2, 0) is 12.8 Å². The lowest BCUT2D eigenvalue weighted by molar-refractivity contribution is 0.414. The van der Waals surface area contributed by atoms with Gasteiger partial charge in [0.05, 0.1) is 19.9 Å². The number of benzene rings is 2. The van der Waals surface area contributed by atoms with E-state index in [4.69, 9.17) is 14.5 Å². The number of nitrogens with zero attached hydrogens (tertiary/aromatic N) is 2. The van der Waals surface area contributed by atoms with Gasteiger partial charge in [0.15, 0.2) is 0 Å². The molecule has 1 aromatic heterocycles. The molecule has 4 rings (SSSR count). The Kier molecular flexibility index (Phi) is 4.24. The molecule has 0 unspecified atom stereocenters. The van der Waals surface area contributed by atoms with E-state index in [0.717, 1.165) is 40.7 Å². The van der Waals surface area contributed by atoms with Crippen LogP contribution >= 0.6 is 11.3 Å². The second kappa shape index (κ2) is 6.69. The standard InChI is InChI=1S/C20H18N2O2S/c1-23-15-6-3-13(4-7-15)12-21-20-22-19-17-9-8-16(24-2)11-14(17)5-10-18(19)25-20/h3-4,6-9,11-12H,5,10H2,1-2H3/b21-12+. The summed E-state index contributed by atoms with van der Waals surface area (Å²) in [6.07, 6.45) is 3.87. The summed E-state index contributed by atoms with van der Waals surface area (Å²) in [5.41, 5.74) is 4.59. The Morgan fingerprint density at radius 3 is 2.52 bits per heavy atom. The number of fused-ring (bicyclic) bond motifs is 3. The van der Waals surface area contributed by atoms with Crippen molar-refractivity contribution in [3.05, 3.63) is 58.5 Å². The van der Waals surface area contributed by atoms with E-state index < -0.39 is 0 Å². The molecule has 0 radical (unpaired) electrons. The maximum Gasteiger partial charge on any atom is 0.209 e. The zero-order valence-corrected chi connectivity index (χ0v) is 15.0. The summed E-state index contributed by atoms with van der Waals surface area (Å²) >= 11 is 1.67. The fourth-order valence-electron chi connectivity index (χ4n) is 2.98. The predicted molar refractivity (Wildman–Crippen MR) is 102 cm³/mol. The molecule has 1 aliphatic carbocycles. The van der Waals surface area contributed by atoms with Crippen molar-refractivity contribution in [2.75, 3.05) is 14.2 Å². The molecule has 0 atom stereocenters. The first-order valence-corrected chi connectivity index (χ1v) is 8.93. The maximum atomic E-state index is 5.33. The third-order valence-electron chi connectivity index (χ3n) is 4.31. The monoisotopic (exact) mass is 350 g/mol. The number of hydrogen-bond acceptors (Lipinski definition) is 5. The predicted octanol–water partition coefficient (Wildman–Crippen LogP) is 4.68. The topological polar surface area (TPSA) is 43.7 Å². The molecular weight excluding hydrogens is 332 g/mol. The molecule has 0 saturated heterocycles. The normalized spacial score (nSPS) is 12.7. The van der Waals surface area contributed by atoms with Crippen molar-refractivity contribution >= 4 is 22.7 Å². The second-order valence-corrected chi connectivity index (χ2v) is 6.88. The summed E-state index contributed by atoms with van der Waals surface area (Å²) in [7, 11) is 3.36. The Hall–Kier alpha value is -2.66. The summed E-state index contributed by atoms with van der Waals surface area (Å²) < 4.78 is 10.5. The highest BCUT2D eigenvalue weighted by Crippen LogP contribution is 2.40. The largest absolute Gasteiger partial charge is 0.497 e. The van der Waals surface area contributed by atoms with Crippen LogP contribution in [0, 0.1) is 0 Å². The van der Waals surface area contributed by atoms with E-state index in [9.17, 15) is 0 Å². The Bertz CT molecular complexity index is 929. The molecule has 1 heterocycles. The summed E-state index contributed by atoms with van der Waals surface area (Å²) in [5, 5.41) is 0.796. The van der Waals surface area contributed by atoms with Crippen LogP contribution in [0.2, 0.25) is 0 Å². The van der Waals surface area contributed by atoms with Crippen LogP contribution in [0.5, 0.6) is 11.5 Å². The van der Waals surface area contributed by atoms with Crippen molar-refractivity contribution in [2.24, 2.45) is 4.99 Å². The quantitative estimate of drug-likeness (QED) is 0.642. The van der Waals surface area contributed by atoms with E-state index in [0.29, 0.717) is 0 Å². The minimum absolute atomic E-state index is 0.796. The van der Waals surface area contributed by atoms with E-state index in [-0.39, 0.29) is 0 Å². The van der Waals surface area contributed by atoms with Crippen LogP contribution in [-0.4, -0.2) is 25.4 Å². The molecule has 0 spiro atoms. The van der Waals surface area contributed by atoms with Crippen molar-refractivity contribution in [2.45, 2.75) is 12.8 Å². The van der Waals surface area contributed by atoms with E-state index >= 15 is 0 Å². The van der Waals surface area contributed by atoms with Crippen molar-refractivity contribution in [1.29, 1.82) is 0 Å². The molecule has 0 aliphatic heterocycles. The van der Waals surface area contributed by atoms with Gasteiger partial charge < -0.3 is 9.47 Å². The highest BCUT2D eigenvalue weighted by atomic mass is 32.1. The first-order chi connectivity index (χ1) is 12.3. The Morgan fingerprint density at radius 1 is 1.00 bits per heavy atom. The zero-order valence-electron chi connectivity index (χ0n) is 14.2. The van der Waals surface area contributed by atoms with Crippen molar-refractivity contribution < 1.29 is 9.47 Å². The van der Waals surface area contributed by atoms with E-state index in [1.54, 1.807) is 25.6 Å². The van der Waals surface area contributed by atoms with Gasteiger partial charge in [-0.2, -0.15) is 0 Å². The van der Waals surface area contributed by atoms with Gasteiger partial charge in [-0.1, -0.05) is 11.3 Å².